The van der Waals surface area contributed by atoms with E-state index in [-0.39, 0.29) is 4.90 Å². The van der Waals surface area contributed by atoms with Crippen molar-refractivity contribution in [3.05, 3.63) is 89.9 Å². The van der Waals surface area contributed by atoms with Gasteiger partial charge in [0.05, 0.1) is 27.9 Å². The summed E-state index contributed by atoms with van der Waals surface area (Å²) >= 11 is 0. The Morgan fingerprint density at radius 2 is 1.79 bits per heavy atom. The summed E-state index contributed by atoms with van der Waals surface area (Å²) < 4.78 is 24.3. The minimum atomic E-state index is -3.76. The lowest BCUT2D eigenvalue weighted by molar-refractivity contribution is 0.101. The van der Waals surface area contributed by atoms with Crippen molar-refractivity contribution in [1.82, 2.24) is 14.8 Å². The number of pyridine rings is 1. The molecule has 2 aromatic carbocycles. The number of aryl methyl sites for hydroxylation is 1. The van der Waals surface area contributed by atoms with Gasteiger partial charge in [0.15, 0.2) is 0 Å². The first kappa shape index (κ1) is 21.9. The number of primary sulfonamides is 1. The van der Waals surface area contributed by atoms with Crippen molar-refractivity contribution in [2.45, 2.75) is 11.8 Å². The minimum Gasteiger partial charge on any atom is -0.305 e. The predicted molar refractivity (Wildman–Crippen MR) is 122 cm³/mol. The number of nitrogens with two attached hydrogens (primary N) is 1. The summed E-state index contributed by atoms with van der Waals surface area (Å²) in [6, 6.07) is 20.0. The molecule has 9 nitrogen and oxygen atoms in total. The number of nitriles is 1. The SMILES string of the molecule is Cc1cc(C(=O)Nc2ccc(-c3ccc(S(N)(=O)=O)cc3)cn2)n(-c2cccc(C#N)c2)n1. The van der Waals surface area contributed by atoms with E-state index in [1.54, 1.807) is 67.7 Å². The van der Waals surface area contributed by atoms with Crippen LogP contribution in [0.15, 0.2) is 77.8 Å². The minimum absolute atomic E-state index is 0.0234. The first-order valence-corrected chi connectivity index (χ1v) is 11.3. The molecular weight excluding hydrogens is 440 g/mol. The average Bonchev–Trinajstić information content (AvgIpc) is 3.21. The fourth-order valence-corrected chi connectivity index (χ4v) is 3.74. The normalized spacial score (nSPS) is 11.1. The van der Waals surface area contributed by atoms with E-state index in [1.165, 1.54) is 16.8 Å². The molecule has 4 rings (SSSR count). The Morgan fingerprint density at radius 3 is 2.42 bits per heavy atom. The number of rotatable bonds is 5. The van der Waals surface area contributed by atoms with Gasteiger partial charge < -0.3 is 5.32 Å². The van der Waals surface area contributed by atoms with E-state index in [9.17, 15) is 13.2 Å². The molecule has 0 spiro atoms. The van der Waals surface area contributed by atoms with Crippen LogP contribution in [0, 0.1) is 18.3 Å². The molecule has 33 heavy (non-hydrogen) atoms. The molecule has 0 aliphatic heterocycles. The van der Waals surface area contributed by atoms with Crippen molar-refractivity contribution in [2.75, 3.05) is 5.32 Å². The number of carbonyl (C=O) groups is 1. The van der Waals surface area contributed by atoms with Crippen LogP contribution in [0.5, 0.6) is 0 Å². The van der Waals surface area contributed by atoms with Crippen molar-refractivity contribution >= 4 is 21.7 Å². The van der Waals surface area contributed by atoms with Gasteiger partial charge in [0.1, 0.15) is 11.5 Å². The third-order valence-corrected chi connectivity index (χ3v) is 5.73. The van der Waals surface area contributed by atoms with Crippen LogP contribution in [-0.4, -0.2) is 29.1 Å². The van der Waals surface area contributed by atoms with E-state index in [0.29, 0.717) is 28.5 Å². The number of anilines is 1. The van der Waals surface area contributed by atoms with Crippen LogP contribution >= 0.6 is 0 Å². The number of carbonyl (C=O) groups excluding carboxylic acids is 1. The van der Waals surface area contributed by atoms with Crippen molar-refractivity contribution < 1.29 is 13.2 Å². The molecule has 3 N–H and O–H groups in total. The summed E-state index contributed by atoms with van der Waals surface area (Å²) in [4.78, 5) is 17.2. The summed E-state index contributed by atoms with van der Waals surface area (Å²) in [5.74, 6) is -0.0724. The molecular formula is C23H18N6O3S. The molecule has 164 valence electrons. The molecule has 10 heteroatoms. The zero-order valence-electron chi connectivity index (χ0n) is 17.4. The van der Waals surface area contributed by atoms with Gasteiger partial charge in [0, 0.05) is 11.8 Å². The molecule has 0 radical (unpaired) electrons. The highest BCUT2D eigenvalue weighted by Crippen LogP contribution is 2.22. The monoisotopic (exact) mass is 458 g/mol. The topological polar surface area (TPSA) is 144 Å². The van der Waals surface area contributed by atoms with Gasteiger partial charge in [-0.25, -0.2) is 23.2 Å². The number of sulfonamides is 1. The van der Waals surface area contributed by atoms with E-state index in [0.717, 1.165) is 11.1 Å². The Balaban J connectivity index is 1.55. The Labute approximate surface area is 190 Å². The number of aromatic nitrogens is 3. The zero-order valence-corrected chi connectivity index (χ0v) is 18.2. The van der Waals surface area contributed by atoms with Crippen LogP contribution in [0.1, 0.15) is 21.7 Å². The summed E-state index contributed by atoms with van der Waals surface area (Å²) in [6.07, 6.45) is 1.57. The number of amides is 1. The van der Waals surface area contributed by atoms with Gasteiger partial charge >= 0.3 is 0 Å². The number of nitrogens with one attached hydrogen (secondary N) is 1. The van der Waals surface area contributed by atoms with Gasteiger partial charge in [-0.1, -0.05) is 18.2 Å². The first-order valence-electron chi connectivity index (χ1n) is 9.72. The highest BCUT2D eigenvalue weighted by Gasteiger charge is 2.16. The van der Waals surface area contributed by atoms with Gasteiger partial charge in [-0.3, -0.25) is 4.79 Å². The summed E-state index contributed by atoms with van der Waals surface area (Å²) in [7, 11) is -3.76. The summed E-state index contributed by atoms with van der Waals surface area (Å²) in [5.41, 5.74) is 3.49. The third kappa shape index (κ3) is 4.79. The third-order valence-electron chi connectivity index (χ3n) is 4.81. The van der Waals surface area contributed by atoms with Crippen LogP contribution < -0.4 is 10.5 Å². The van der Waals surface area contributed by atoms with Crippen LogP contribution in [0.4, 0.5) is 5.82 Å². The molecule has 0 bridgehead atoms. The fourth-order valence-electron chi connectivity index (χ4n) is 3.22. The van der Waals surface area contributed by atoms with Crippen molar-refractivity contribution in [3.63, 3.8) is 0 Å². The van der Waals surface area contributed by atoms with Gasteiger partial charge in [0.25, 0.3) is 5.91 Å². The van der Waals surface area contributed by atoms with Crippen LogP contribution in [-0.2, 0) is 10.0 Å². The van der Waals surface area contributed by atoms with Gasteiger partial charge in [-0.15, -0.1) is 0 Å². The van der Waals surface area contributed by atoms with Gasteiger partial charge in [-0.2, -0.15) is 10.4 Å². The maximum absolute atomic E-state index is 12.9. The summed E-state index contributed by atoms with van der Waals surface area (Å²) in [6.45, 7) is 1.77. The average molecular weight is 459 g/mol. The maximum atomic E-state index is 12.9. The zero-order chi connectivity index (χ0) is 23.6. The highest BCUT2D eigenvalue weighted by molar-refractivity contribution is 7.89. The predicted octanol–water partition coefficient (Wildman–Crippen LogP) is 3.01. The quantitative estimate of drug-likeness (QED) is 0.470. The highest BCUT2D eigenvalue weighted by atomic mass is 32.2. The Kier molecular flexibility index (Phi) is 5.74. The molecule has 0 atom stereocenters. The Bertz CT molecular complexity index is 1480. The molecule has 0 saturated carbocycles. The van der Waals surface area contributed by atoms with Crippen molar-refractivity contribution in [3.8, 4) is 22.9 Å². The van der Waals surface area contributed by atoms with Crippen LogP contribution in [0.3, 0.4) is 0 Å². The smallest absolute Gasteiger partial charge is 0.275 e. The van der Waals surface area contributed by atoms with Crippen LogP contribution in [0.25, 0.3) is 16.8 Å². The molecule has 0 aliphatic rings. The molecule has 2 aromatic heterocycles. The molecule has 0 fully saturated rings. The maximum Gasteiger partial charge on any atom is 0.275 e. The second-order valence-electron chi connectivity index (χ2n) is 7.20. The fraction of sp³-hybridized carbons (Fsp3) is 0.0435. The molecule has 2 heterocycles. The van der Waals surface area contributed by atoms with E-state index >= 15 is 0 Å². The lowest BCUT2D eigenvalue weighted by atomic mass is 10.1. The number of hydrogen-bond donors (Lipinski definition) is 2. The largest absolute Gasteiger partial charge is 0.305 e. The van der Waals surface area contributed by atoms with E-state index in [2.05, 4.69) is 21.5 Å². The lowest BCUT2D eigenvalue weighted by Gasteiger charge is -2.09. The number of hydrogen-bond acceptors (Lipinski definition) is 6. The Morgan fingerprint density at radius 1 is 1.06 bits per heavy atom. The van der Waals surface area contributed by atoms with Crippen LogP contribution in [0.2, 0.25) is 0 Å². The molecule has 1 amide bonds. The van der Waals surface area contributed by atoms with Gasteiger partial charge in [-0.05, 0) is 61.0 Å². The lowest BCUT2D eigenvalue weighted by Crippen LogP contribution is -2.17. The second kappa shape index (κ2) is 8.66. The first-order chi connectivity index (χ1) is 15.7. The Hall–Kier alpha value is -4.33. The second-order valence-corrected chi connectivity index (χ2v) is 8.76. The van der Waals surface area contributed by atoms with Gasteiger partial charge in [0.2, 0.25) is 10.0 Å². The molecule has 0 aliphatic carbocycles. The standard InChI is InChI=1S/C23H18N6O3S/c1-15-11-21(29(28-15)19-4-2-3-16(12-19)13-24)23(30)27-22-10-7-18(14-26-22)17-5-8-20(9-6-17)33(25,31)32/h2-12,14H,1H3,(H2,25,31,32)(H,26,27,30). The molecule has 4 aromatic rings. The van der Waals surface area contributed by atoms with E-state index in [4.69, 9.17) is 10.4 Å². The summed E-state index contributed by atoms with van der Waals surface area (Å²) in [5, 5.41) is 21.4. The number of nitrogens with zero attached hydrogens (tertiary/aromatic N) is 4. The van der Waals surface area contributed by atoms with Crippen molar-refractivity contribution in [2.24, 2.45) is 5.14 Å². The van der Waals surface area contributed by atoms with E-state index < -0.39 is 15.9 Å². The number of benzene rings is 2. The molecule has 0 saturated heterocycles. The van der Waals surface area contributed by atoms with Crippen molar-refractivity contribution in [1.29, 1.82) is 5.26 Å². The van der Waals surface area contributed by atoms with E-state index in [1.807, 2.05) is 0 Å². The molecule has 0 unspecified atom stereocenters.